The predicted octanol–water partition coefficient (Wildman–Crippen LogP) is 20.0. The van der Waals surface area contributed by atoms with Crippen LogP contribution >= 0.6 is 0 Å². The summed E-state index contributed by atoms with van der Waals surface area (Å²) in [5, 5.41) is 10.3. The van der Waals surface area contributed by atoms with E-state index in [4.69, 9.17) is 0 Å². The van der Waals surface area contributed by atoms with Crippen LogP contribution in [0.25, 0.3) is 77.9 Å². The molecule has 0 unspecified atom stereocenters. The number of anilines is 6. The molecule has 3 nitrogen and oxygen atoms in total. The minimum absolute atomic E-state index is 0.255. The average Bonchev–Trinajstić information content (AvgIpc) is 1.14. The molecular formula is C86H56BN3. The molecule has 14 aromatic rings. The largest absolute Gasteiger partial charge is 0.311 e. The summed E-state index contributed by atoms with van der Waals surface area (Å²) in [6.45, 7) is -0.255. The summed E-state index contributed by atoms with van der Waals surface area (Å²) in [5.74, 6) is 0. The van der Waals surface area contributed by atoms with Crippen molar-refractivity contribution in [3.8, 4) is 84.0 Å². The van der Waals surface area contributed by atoms with Crippen LogP contribution in [0.5, 0.6) is 0 Å². The number of nitriles is 1. The minimum Gasteiger partial charge on any atom is -0.311 e. The standard InChI is InChI=1S/C86H56BN3/c88-57-58-21-20-30-65(49-58)66-41-47-81-79(53-66)87-80-54-67(70-51-68(61-26-10-3-11-27-61)50-69(52-70)62-28-12-4-13-29-62)42-48-82(80)90(74-45-39-64(40-46-74)60-24-8-2-9-25-60)84-56-72(55-83(85(84)87)89(81)73-43-37-63(38-44-73)59-22-6-1-7-23-59)86(71-31-14-5-15-32-71)77-35-18-16-33-75(77)76-34-17-19-36-78(76)86/h1-56H. The molecule has 90 heavy (non-hydrogen) atoms. The Morgan fingerprint density at radius 1 is 0.267 bits per heavy atom. The van der Waals surface area contributed by atoms with E-state index in [0.717, 1.165) is 78.6 Å². The molecule has 1 aliphatic carbocycles. The Morgan fingerprint density at radius 2 is 0.622 bits per heavy atom. The molecule has 14 aromatic carbocycles. The lowest BCUT2D eigenvalue weighted by molar-refractivity contribution is 0.768. The fourth-order valence-corrected chi connectivity index (χ4v) is 14.9. The zero-order valence-electron chi connectivity index (χ0n) is 49.3. The Labute approximate surface area is 526 Å². The Balaban J connectivity index is 0.993. The number of nitrogens with zero attached hydrogens (tertiary/aromatic N) is 3. The van der Waals surface area contributed by atoms with Gasteiger partial charge in [0.1, 0.15) is 0 Å². The molecular weight excluding hydrogens is 1090 g/mol. The van der Waals surface area contributed by atoms with Gasteiger partial charge in [-0.25, -0.2) is 0 Å². The van der Waals surface area contributed by atoms with E-state index in [2.05, 4.69) is 337 Å². The third-order valence-electron chi connectivity index (χ3n) is 18.9. The molecule has 0 bridgehead atoms. The van der Waals surface area contributed by atoms with Crippen molar-refractivity contribution < 1.29 is 0 Å². The minimum atomic E-state index is -0.721. The fourth-order valence-electron chi connectivity index (χ4n) is 14.9. The van der Waals surface area contributed by atoms with Crippen LogP contribution in [0, 0.1) is 11.3 Å². The first kappa shape index (κ1) is 52.6. The Hall–Kier alpha value is -11.8. The summed E-state index contributed by atoms with van der Waals surface area (Å²) in [4.78, 5) is 5.11. The molecule has 2 heterocycles. The van der Waals surface area contributed by atoms with Gasteiger partial charge in [0.2, 0.25) is 0 Å². The maximum atomic E-state index is 10.3. The van der Waals surface area contributed by atoms with Crippen LogP contribution in [0.2, 0.25) is 0 Å². The maximum absolute atomic E-state index is 10.3. The highest BCUT2D eigenvalue weighted by molar-refractivity contribution is 7.00. The van der Waals surface area contributed by atoms with Crippen LogP contribution in [0.1, 0.15) is 27.8 Å². The van der Waals surface area contributed by atoms with Crippen molar-refractivity contribution in [3.05, 3.63) is 368 Å². The molecule has 418 valence electrons. The van der Waals surface area contributed by atoms with Gasteiger partial charge in [0.05, 0.1) is 17.0 Å². The number of hydrogen-bond donors (Lipinski definition) is 0. The van der Waals surface area contributed by atoms with E-state index in [1.54, 1.807) is 0 Å². The van der Waals surface area contributed by atoms with Crippen molar-refractivity contribution in [3.63, 3.8) is 0 Å². The van der Waals surface area contributed by atoms with Gasteiger partial charge >= 0.3 is 0 Å². The fraction of sp³-hybridized carbons (Fsp3) is 0.0116. The van der Waals surface area contributed by atoms with E-state index in [1.165, 1.54) is 72.0 Å². The molecule has 0 saturated carbocycles. The highest BCUT2D eigenvalue weighted by atomic mass is 15.2. The van der Waals surface area contributed by atoms with Crippen molar-refractivity contribution in [2.24, 2.45) is 0 Å². The molecule has 0 amide bonds. The van der Waals surface area contributed by atoms with Gasteiger partial charge in [-0.05, 0) is 195 Å². The molecule has 17 rings (SSSR count). The molecule has 0 N–H and O–H groups in total. The summed E-state index contributed by atoms with van der Waals surface area (Å²) in [5.41, 5.74) is 31.0. The Kier molecular flexibility index (Phi) is 12.6. The zero-order chi connectivity index (χ0) is 59.7. The van der Waals surface area contributed by atoms with E-state index in [0.29, 0.717) is 5.56 Å². The predicted molar refractivity (Wildman–Crippen MR) is 375 cm³/mol. The molecule has 0 aromatic heterocycles. The molecule has 0 radical (unpaired) electrons. The molecule has 3 aliphatic rings. The van der Waals surface area contributed by atoms with E-state index in [1.807, 2.05) is 18.2 Å². The number of rotatable bonds is 10. The van der Waals surface area contributed by atoms with Gasteiger partial charge in [-0.2, -0.15) is 5.26 Å². The highest BCUT2D eigenvalue weighted by Gasteiger charge is 2.50. The number of hydrogen-bond acceptors (Lipinski definition) is 3. The quantitative estimate of drug-likeness (QED) is 0.128. The van der Waals surface area contributed by atoms with Crippen molar-refractivity contribution >= 4 is 57.2 Å². The lowest BCUT2D eigenvalue weighted by Crippen LogP contribution is -2.61. The van der Waals surface area contributed by atoms with Crippen molar-refractivity contribution in [1.82, 2.24) is 0 Å². The van der Waals surface area contributed by atoms with Crippen LogP contribution < -0.4 is 26.2 Å². The smallest absolute Gasteiger partial charge is 0.252 e. The molecule has 4 heteroatoms. The first-order valence-corrected chi connectivity index (χ1v) is 31.0. The first-order valence-electron chi connectivity index (χ1n) is 31.0. The molecule has 0 saturated heterocycles. The van der Waals surface area contributed by atoms with Gasteiger partial charge in [-0.1, -0.05) is 261 Å². The van der Waals surface area contributed by atoms with Crippen LogP contribution in [0.15, 0.2) is 340 Å². The van der Waals surface area contributed by atoms with Gasteiger partial charge in [-0.15, -0.1) is 0 Å². The number of fused-ring (bicyclic) bond motifs is 7. The molecule has 0 spiro atoms. The lowest BCUT2D eigenvalue weighted by atomic mass is 9.33. The average molecular weight is 1140 g/mol. The van der Waals surface area contributed by atoms with E-state index in [9.17, 15) is 5.26 Å². The SMILES string of the molecule is N#Cc1cccc(-c2ccc3c(c2)B2c4cc(-c5cc(-c6ccccc6)cc(-c6ccccc6)c5)ccc4N(c4ccc(-c5ccccc5)cc4)c4cc(C5(c6ccccc6)c6ccccc6-c6ccccc65)cc(c42)N3c2ccc(-c3ccccc3)cc2)c1. The first-order chi connectivity index (χ1) is 44.6. The second-order valence-electron chi connectivity index (χ2n) is 23.8. The van der Waals surface area contributed by atoms with Crippen LogP contribution in [-0.4, -0.2) is 6.71 Å². The van der Waals surface area contributed by atoms with Crippen LogP contribution in [0.4, 0.5) is 34.1 Å². The Morgan fingerprint density at radius 3 is 1.08 bits per heavy atom. The van der Waals surface area contributed by atoms with Crippen molar-refractivity contribution in [1.29, 1.82) is 5.26 Å². The van der Waals surface area contributed by atoms with Gasteiger partial charge in [0.25, 0.3) is 6.71 Å². The highest BCUT2D eigenvalue weighted by Crippen LogP contribution is 2.58. The summed E-state index contributed by atoms with van der Waals surface area (Å²) < 4.78 is 0. The second-order valence-corrected chi connectivity index (χ2v) is 23.8. The molecule has 2 aliphatic heterocycles. The maximum Gasteiger partial charge on any atom is 0.252 e. The third-order valence-corrected chi connectivity index (χ3v) is 18.9. The van der Waals surface area contributed by atoms with E-state index >= 15 is 0 Å². The van der Waals surface area contributed by atoms with Crippen LogP contribution in [0.3, 0.4) is 0 Å². The topological polar surface area (TPSA) is 30.3 Å². The molecule has 0 atom stereocenters. The van der Waals surface area contributed by atoms with Crippen molar-refractivity contribution in [2.45, 2.75) is 5.41 Å². The summed E-state index contributed by atoms with van der Waals surface area (Å²) >= 11 is 0. The Bertz CT molecular complexity index is 5000. The molecule has 0 fully saturated rings. The third kappa shape index (κ3) is 8.58. The number of benzene rings is 14. The van der Waals surface area contributed by atoms with Crippen LogP contribution in [-0.2, 0) is 5.41 Å². The monoisotopic (exact) mass is 1140 g/mol. The normalized spacial score (nSPS) is 12.9. The summed E-state index contributed by atoms with van der Waals surface area (Å²) in [7, 11) is 0. The summed E-state index contributed by atoms with van der Waals surface area (Å²) in [6.07, 6.45) is 0. The lowest BCUT2D eigenvalue weighted by Gasteiger charge is -2.46. The van der Waals surface area contributed by atoms with E-state index < -0.39 is 5.41 Å². The van der Waals surface area contributed by atoms with E-state index in [-0.39, 0.29) is 6.71 Å². The van der Waals surface area contributed by atoms with Crippen molar-refractivity contribution in [2.75, 3.05) is 9.80 Å². The van der Waals surface area contributed by atoms with Gasteiger partial charge in [0.15, 0.2) is 0 Å². The second kappa shape index (κ2) is 21.6. The summed E-state index contributed by atoms with van der Waals surface area (Å²) in [6, 6.07) is 128. The van der Waals surface area contributed by atoms with Gasteiger partial charge < -0.3 is 9.80 Å². The van der Waals surface area contributed by atoms with Gasteiger partial charge in [0, 0.05) is 34.1 Å². The zero-order valence-corrected chi connectivity index (χ0v) is 49.3. The van der Waals surface area contributed by atoms with Gasteiger partial charge in [-0.3, -0.25) is 0 Å².